The summed E-state index contributed by atoms with van der Waals surface area (Å²) in [5.41, 5.74) is 0.365. The van der Waals surface area contributed by atoms with Gasteiger partial charge in [-0.1, -0.05) is 0 Å². The van der Waals surface area contributed by atoms with Crippen molar-refractivity contribution < 1.29 is 14.3 Å². The minimum atomic E-state index is -0.996. The average molecular weight is 235 g/mol. The Balaban J connectivity index is 2.72. The van der Waals surface area contributed by atoms with Gasteiger partial charge in [0.1, 0.15) is 11.2 Å². The second kappa shape index (κ2) is 3.58. The van der Waals surface area contributed by atoms with Crippen LogP contribution in [0.3, 0.4) is 0 Å². The van der Waals surface area contributed by atoms with Gasteiger partial charge >= 0.3 is 5.97 Å². The van der Waals surface area contributed by atoms with Crippen LogP contribution in [0.1, 0.15) is 19.5 Å². The van der Waals surface area contributed by atoms with Gasteiger partial charge in [0.2, 0.25) is 0 Å². The third kappa shape index (κ3) is 1.69. The molecule has 0 aliphatic rings. The molecule has 1 heterocycles. The van der Waals surface area contributed by atoms with Crippen LogP contribution in [0.25, 0.3) is 10.9 Å². The fraction of sp³-hybridized carbons (Fsp3) is 0.308. The first-order valence-electron chi connectivity index (χ1n) is 5.33. The summed E-state index contributed by atoms with van der Waals surface area (Å²) in [5, 5.41) is 10.1. The lowest BCUT2D eigenvalue weighted by Gasteiger charge is -2.20. The standard InChI is InChI=1S/C13H14FNO2/c1-13(2,12(16)17)11-6-8-4-5-9(14)7-10(8)15(11)3/h4-7H,1-3H3,(H,16,17). The van der Waals surface area contributed by atoms with E-state index in [0.717, 1.165) is 5.39 Å². The summed E-state index contributed by atoms with van der Waals surface area (Å²) in [5.74, 6) is -1.22. The van der Waals surface area contributed by atoms with Crippen molar-refractivity contribution in [2.24, 2.45) is 7.05 Å². The maximum Gasteiger partial charge on any atom is 0.315 e. The van der Waals surface area contributed by atoms with Crippen molar-refractivity contribution in [1.82, 2.24) is 4.57 Å². The smallest absolute Gasteiger partial charge is 0.315 e. The molecule has 0 saturated heterocycles. The van der Waals surface area contributed by atoms with E-state index < -0.39 is 11.4 Å². The van der Waals surface area contributed by atoms with Gasteiger partial charge in [-0.25, -0.2) is 4.39 Å². The van der Waals surface area contributed by atoms with Crippen LogP contribution in [-0.2, 0) is 17.3 Å². The van der Waals surface area contributed by atoms with E-state index in [9.17, 15) is 14.3 Å². The Morgan fingerprint density at radius 2 is 2.00 bits per heavy atom. The van der Waals surface area contributed by atoms with Gasteiger partial charge < -0.3 is 9.67 Å². The number of hydrogen-bond acceptors (Lipinski definition) is 1. The molecule has 1 N–H and O–H groups in total. The summed E-state index contributed by atoms with van der Waals surface area (Å²) in [6.45, 7) is 3.28. The zero-order valence-corrected chi connectivity index (χ0v) is 9.99. The number of carboxylic acid groups (broad SMARTS) is 1. The molecular formula is C13H14FNO2. The van der Waals surface area contributed by atoms with Crippen LogP contribution in [0.4, 0.5) is 4.39 Å². The molecule has 0 aliphatic carbocycles. The van der Waals surface area contributed by atoms with E-state index in [1.165, 1.54) is 12.1 Å². The van der Waals surface area contributed by atoms with Crippen molar-refractivity contribution in [1.29, 1.82) is 0 Å². The van der Waals surface area contributed by atoms with E-state index in [2.05, 4.69) is 0 Å². The molecule has 2 aromatic rings. The third-order valence-corrected chi connectivity index (χ3v) is 3.18. The van der Waals surface area contributed by atoms with Gasteiger partial charge in [0.25, 0.3) is 0 Å². The van der Waals surface area contributed by atoms with Crippen molar-refractivity contribution in [3.05, 3.63) is 35.8 Å². The maximum atomic E-state index is 13.2. The van der Waals surface area contributed by atoms with Gasteiger partial charge in [-0.2, -0.15) is 0 Å². The number of benzene rings is 1. The summed E-state index contributed by atoms with van der Waals surface area (Å²) in [6.07, 6.45) is 0. The predicted molar refractivity (Wildman–Crippen MR) is 63.5 cm³/mol. The molecule has 1 aromatic carbocycles. The molecular weight excluding hydrogens is 221 g/mol. The quantitative estimate of drug-likeness (QED) is 0.869. The number of hydrogen-bond donors (Lipinski definition) is 1. The molecule has 0 aliphatic heterocycles. The highest BCUT2D eigenvalue weighted by Gasteiger charge is 2.32. The normalized spacial score (nSPS) is 12.0. The fourth-order valence-corrected chi connectivity index (χ4v) is 2.01. The van der Waals surface area contributed by atoms with E-state index in [-0.39, 0.29) is 5.82 Å². The monoisotopic (exact) mass is 235 g/mol. The van der Waals surface area contributed by atoms with Crippen LogP contribution >= 0.6 is 0 Å². The molecule has 17 heavy (non-hydrogen) atoms. The van der Waals surface area contributed by atoms with Crippen molar-refractivity contribution >= 4 is 16.9 Å². The minimum Gasteiger partial charge on any atom is -0.481 e. The number of aryl methyl sites for hydroxylation is 1. The topological polar surface area (TPSA) is 42.2 Å². The van der Waals surface area contributed by atoms with Crippen molar-refractivity contribution in [2.45, 2.75) is 19.3 Å². The highest BCUT2D eigenvalue weighted by Crippen LogP contribution is 2.29. The molecule has 2 rings (SSSR count). The molecule has 0 saturated carbocycles. The summed E-state index contributed by atoms with van der Waals surface area (Å²) in [6, 6.07) is 6.24. The van der Waals surface area contributed by atoms with Crippen LogP contribution in [0.2, 0.25) is 0 Å². The van der Waals surface area contributed by atoms with E-state index in [1.807, 2.05) is 0 Å². The lowest BCUT2D eigenvalue weighted by Crippen LogP contribution is -2.30. The van der Waals surface area contributed by atoms with Gasteiger partial charge in [0, 0.05) is 18.1 Å². The van der Waals surface area contributed by atoms with Crippen LogP contribution in [-0.4, -0.2) is 15.6 Å². The summed E-state index contributed by atoms with van der Waals surface area (Å²) in [7, 11) is 1.75. The van der Waals surface area contributed by atoms with Gasteiger partial charge in [0.05, 0.1) is 5.52 Å². The Kier molecular flexibility index (Phi) is 2.45. The second-order valence-electron chi connectivity index (χ2n) is 4.72. The number of carbonyl (C=O) groups is 1. The molecule has 0 atom stereocenters. The van der Waals surface area contributed by atoms with E-state index >= 15 is 0 Å². The van der Waals surface area contributed by atoms with E-state index in [1.54, 1.807) is 37.6 Å². The largest absolute Gasteiger partial charge is 0.481 e. The minimum absolute atomic E-state index is 0.321. The Morgan fingerprint density at radius 1 is 1.35 bits per heavy atom. The first-order chi connectivity index (χ1) is 7.84. The molecule has 1 aromatic heterocycles. The zero-order valence-electron chi connectivity index (χ0n) is 9.99. The molecule has 3 nitrogen and oxygen atoms in total. The van der Waals surface area contributed by atoms with Gasteiger partial charge in [-0.15, -0.1) is 0 Å². The molecule has 0 bridgehead atoms. The summed E-state index contributed by atoms with van der Waals surface area (Å²) < 4.78 is 14.9. The predicted octanol–water partition coefficient (Wildman–Crippen LogP) is 2.68. The molecule has 4 heteroatoms. The summed E-state index contributed by atoms with van der Waals surface area (Å²) >= 11 is 0. The van der Waals surface area contributed by atoms with Crippen molar-refractivity contribution in [3.8, 4) is 0 Å². The number of fused-ring (bicyclic) bond motifs is 1. The molecule has 0 radical (unpaired) electrons. The van der Waals surface area contributed by atoms with Crippen LogP contribution < -0.4 is 0 Å². The molecule has 0 fully saturated rings. The molecule has 0 unspecified atom stereocenters. The number of carboxylic acids is 1. The Bertz CT molecular complexity index is 599. The first-order valence-corrected chi connectivity index (χ1v) is 5.33. The fourth-order valence-electron chi connectivity index (χ4n) is 2.01. The lowest BCUT2D eigenvalue weighted by atomic mass is 9.89. The van der Waals surface area contributed by atoms with Crippen molar-refractivity contribution in [3.63, 3.8) is 0 Å². The number of rotatable bonds is 2. The number of aromatic nitrogens is 1. The van der Waals surface area contributed by atoms with E-state index in [4.69, 9.17) is 0 Å². The van der Waals surface area contributed by atoms with Gasteiger partial charge in [0.15, 0.2) is 0 Å². The zero-order chi connectivity index (χ0) is 12.8. The van der Waals surface area contributed by atoms with Gasteiger partial charge in [-0.3, -0.25) is 4.79 Å². The van der Waals surface area contributed by atoms with Crippen LogP contribution in [0.5, 0.6) is 0 Å². The molecule has 90 valence electrons. The van der Waals surface area contributed by atoms with Crippen LogP contribution in [0.15, 0.2) is 24.3 Å². The van der Waals surface area contributed by atoms with Gasteiger partial charge in [-0.05, 0) is 38.1 Å². The van der Waals surface area contributed by atoms with E-state index in [0.29, 0.717) is 11.2 Å². The Labute approximate surface area is 98.5 Å². The Hall–Kier alpha value is -1.84. The Morgan fingerprint density at radius 3 is 2.59 bits per heavy atom. The highest BCUT2D eigenvalue weighted by atomic mass is 19.1. The summed E-state index contributed by atoms with van der Waals surface area (Å²) in [4.78, 5) is 11.2. The van der Waals surface area contributed by atoms with Crippen LogP contribution in [0, 0.1) is 5.82 Å². The molecule has 0 amide bonds. The maximum absolute atomic E-state index is 13.2. The number of halogens is 1. The second-order valence-corrected chi connectivity index (χ2v) is 4.72. The van der Waals surface area contributed by atoms with Crippen molar-refractivity contribution in [2.75, 3.05) is 0 Å². The average Bonchev–Trinajstić information content (AvgIpc) is 2.56. The SMILES string of the molecule is Cn1c(C(C)(C)C(=O)O)cc2ccc(F)cc21. The first kappa shape index (κ1) is 11.6. The molecule has 0 spiro atoms. The lowest BCUT2D eigenvalue weighted by molar-refractivity contribution is -0.142. The number of aliphatic carboxylic acids is 1. The third-order valence-electron chi connectivity index (χ3n) is 3.18. The highest BCUT2D eigenvalue weighted by molar-refractivity contribution is 5.86. The number of nitrogens with zero attached hydrogens (tertiary/aromatic N) is 1.